The fourth-order valence-corrected chi connectivity index (χ4v) is 4.85. The quantitative estimate of drug-likeness (QED) is 0.432. The number of fused-ring (bicyclic) bond motifs is 2. The minimum Gasteiger partial charge on any atom is -0.366 e. The minimum atomic E-state index is -0.740. The number of benzene rings is 1. The lowest BCUT2D eigenvalue weighted by Crippen LogP contribution is -2.26. The summed E-state index contributed by atoms with van der Waals surface area (Å²) >= 11 is 5.82. The number of rotatable bonds is 4. The molecule has 0 N–H and O–H groups in total. The van der Waals surface area contributed by atoms with Crippen LogP contribution >= 0.6 is 11.6 Å². The van der Waals surface area contributed by atoms with Gasteiger partial charge in [0, 0.05) is 26.1 Å². The van der Waals surface area contributed by atoms with E-state index in [1.54, 1.807) is 16.5 Å². The van der Waals surface area contributed by atoms with E-state index in [9.17, 15) is 13.6 Å². The molecule has 0 amide bonds. The molecule has 6 rings (SSSR count). The van der Waals surface area contributed by atoms with Crippen LogP contribution in [-0.4, -0.2) is 42.3 Å². The van der Waals surface area contributed by atoms with Gasteiger partial charge in [0.15, 0.2) is 22.8 Å². The number of hydrogen-bond acceptors (Lipinski definition) is 7. The summed E-state index contributed by atoms with van der Waals surface area (Å²) in [5, 5.41) is 3.97. The summed E-state index contributed by atoms with van der Waals surface area (Å²) in [5.74, 6) is -0.124. The van der Waals surface area contributed by atoms with Gasteiger partial charge < -0.3 is 14.0 Å². The van der Waals surface area contributed by atoms with E-state index in [4.69, 9.17) is 16.1 Å². The van der Waals surface area contributed by atoms with E-state index in [0.717, 1.165) is 0 Å². The van der Waals surface area contributed by atoms with Gasteiger partial charge in [-0.15, -0.1) is 0 Å². The fraction of sp³-hybridized carbons (Fsp3) is 0.350. The topological polar surface area (TPSA) is 94.9 Å². The van der Waals surface area contributed by atoms with E-state index in [2.05, 4.69) is 20.1 Å². The van der Waals surface area contributed by atoms with Crippen LogP contribution in [-0.2, 0) is 13.6 Å². The molecule has 1 aromatic carbocycles. The van der Waals surface area contributed by atoms with Crippen LogP contribution in [0.4, 0.5) is 14.5 Å². The number of piperidine rings is 1. The lowest BCUT2D eigenvalue weighted by Gasteiger charge is -2.22. The lowest BCUT2D eigenvalue weighted by atomic mass is 10.2. The van der Waals surface area contributed by atoms with E-state index in [1.165, 1.54) is 29.4 Å². The van der Waals surface area contributed by atoms with Crippen molar-refractivity contribution >= 4 is 28.5 Å². The van der Waals surface area contributed by atoms with Crippen LogP contribution < -0.4 is 10.5 Å². The Labute approximate surface area is 184 Å². The zero-order valence-corrected chi connectivity index (χ0v) is 17.5. The Hall–Kier alpha value is -3.34. The highest BCUT2D eigenvalue weighted by atomic mass is 35.5. The van der Waals surface area contributed by atoms with E-state index in [1.807, 2.05) is 0 Å². The van der Waals surface area contributed by atoms with E-state index in [-0.39, 0.29) is 40.6 Å². The van der Waals surface area contributed by atoms with Crippen molar-refractivity contribution in [3.8, 4) is 0 Å². The number of aryl methyl sites for hydroxylation is 1. The first kappa shape index (κ1) is 19.4. The number of halogens is 3. The van der Waals surface area contributed by atoms with Gasteiger partial charge >= 0.3 is 0 Å². The standard InChI is InChI=1S/C20H16ClF2N7O2/c1-28-7-24-19-17(28)20(31)30(8-25-19)6-13-26-18(27-32-13)14-9-4-29(5-10(9)14)16-12(22)3-2-11(21)15(16)23/h2-3,7-10,14H,4-6H2,1H3/t9-,10?,14?/m0/s1. The molecular weight excluding hydrogens is 444 g/mol. The number of aromatic nitrogens is 6. The molecule has 4 aromatic rings. The second-order valence-corrected chi connectivity index (χ2v) is 8.61. The molecule has 0 bridgehead atoms. The molecule has 2 aliphatic rings. The van der Waals surface area contributed by atoms with Crippen molar-refractivity contribution in [1.29, 1.82) is 0 Å². The Morgan fingerprint density at radius 3 is 2.72 bits per heavy atom. The summed E-state index contributed by atoms with van der Waals surface area (Å²) in [6, 6.07) is 2.39. The third kappa shape index (κ3) is 2.84. The Bertz CT molecular complexity index is 1420. The second-order valence-electron chi connectivity index (χ2n) is 8.20. The highest BCUT2D eigenvalue weighted by Crippen LogP contribution is 2.58. The lowest BCUT2D eigenvalue weighted by molar-refractivity contribution is 0.363. The molecular formula is C20H16ClF2N7O2. The van der Waals surface area contributed by atoms with Gasteiger partial charge in [0.1, 0.15) is 24.4 Å². The molecule has 4 heterocycles. The first-order valence-corrected chi connectivity index (χ1v) is 10.4. The number of anilines is 1. The number of imidazole rings is 1. The molecule has 3 aromatic heterocycles. The SMILES string of the molecule is Cn1cnc2ncn(Cc3nc(C4C5CN(c6c(F)ccc(Cl)c6F)C[C@@H]54)no3)c(=O)c21. The normalized spacial score (nSPS) is 22.0. The van der Waals surface area contributed by atoms with Gasteiger partial charge in [-0.1, -0.05) is 16.8 Å². The van der Waals surface area contributed by atoms with Gasteiger partial charge in [-0.25, -0.2) is 18.7 Å². The molecule has 9 nitrogen and oxygen atoms in total. The molecule has 3 atom stereocenters. The number of hydrogen-bond donors (Lipinski definition) is 0. The van der Waals surface area contributed by atoms with Crippen molar-refractivity contribution in [2.24, 2.45) is 18.9 Å². The van der Waals surface area contributed by atoms with Crippen LogP contribution in [0.15, 0.2) is 34.1 Å². The van der Waals surface area contributed by atoms with Crippen LogP contribution in [0.2, 0.25) is 5.02 Å². The summed E-state index contributed by atoms with van der Waals surface area (Å²) < 4.78 is 36.9. The molecule has 0 radical (unpaired) electrons. The maximum atomic E-state index is 14.3. The molecule has 0 spiro atoms. The van der Waals surface area contributed by atoms with E-state index < -0.39 is 11.6 Å². The molecule has 1 aliphatic carbocycles. The maximum Gasteiger partial charge on any atom is 0.280 e. The predicted molar refractivity (Wildman–Crippen MR) is 109 cm³/mol. The molecule has 2 fully saturated rings. The Balaban J connectivity index is 1.18. The van der Waals surface area contributed by atoms with Crippen LogP contribution in [0.3, 0.4) is 0 Å². The van der Waals surface area contributed by atoms with Crippen LogP contribution in [0.1, 0.15) is 17.6 Å². The molecule has 164 valence electrons. The second kappa shape index (κ2) is 6.83. The average Bonchev–Trinajstić information content (AvgIpc) is 3.18. The van der Waals surface area contributed by atoms with E-state index >= 15 is 0 Å². The molecule has 12 heteroatoms. The van der Waals surface area contributed by atoms with Gasteiger partial charge in [-0.05, 0) is 24.0 Å². The molecule has 1 aliphatic heterocycles. The van der Waals surface area contributed by atoms with Gasteiger partial charge in [-0.3, -0.25) is 9.36 Å². The summed E-state index contributed by atoms with van der Waals surface area (Å²) in [7, 11) is 1.73. The summed E-state index contributed by atoms with van der Waals surface area (Å²) in [6.07, 6.45) is 2.93. The molecule has 32 heavy (non-hydrogen) atoms. The highest BCUT2D eigenvalue weighted by Gasteiger charge is 2.59. The summed E-state index contributed by atoms with van der Waals surface area (Å²) in [4.78, 5) is 27.1. The van der Waals surface area contributed by atoms with E-state index in [0.29, 0.717) is 36.0 Å². The minimum absolute atomic E-state index is 0.0588. The number of nitrogens with zero attached hydrogens (tertiary/aromatic N) is 7. The highest BCUT2D eigenvalue weighted by molar-refractivity contribution is 6.31. The summed E-state index contributed by atoms with van der Waals surface area (Å²) in [5.41, 5.74) is 0.432. The maximum absolute atomic E-state index is 14.3. The summed E-state index contributed by atoms with van der Waals surface area (Å²) in [6.45, 7) is 1.05. The first-order valence-electron chi connectivity index (χ1n) is 9.99. The zero-order valence-electron chi connectivity index (χ0n) is 16.7. The Kier molecular flexibility index (Phi) is 4.13. The van der Waals surface area contributed by atoms with Gasteiger partial charge in [-0.2, -0.15) is 4.98 Å². The van der Waals surface area contributed by atoms with Crippen molar-refractivity contribution in [3.63, 3.8) is 0 Å². The van der Waals surface area contributed by atoms with Crippen molar-refractivity contribution < 1.29 is 13.3 Å². The van der Waals surface area contributed by atoms with Gasteiger partial charge in [0.05, 0.1) is 11.3 Å². The third-order valence-corrected chi connectivity index (χ3v) is 6.61. The van der Waals surface area contributed by atoms with Crippen LogP contribution in [0, 0.1) is 23.5 Å². The fourth-order valence-electron chi connectivity index (χ4n) is 4.70. The van der Waals surface area contributed by atoms with Crippen LogP contribution in [0.25, 0.3) is 11.2 Å². The van der Waals surface area contributed by atoms with Gasteiger partial charge in [0.25, 0.3) is 5.56 Å². The molecule has 2 unspecified atom stereocenters. The van der Waals surface area contributed by atoms with Crippen molar-refractivity contribution in [2.75, 3.05) is 18.0 Å². The predicted octanol–water partition coefficient (Wildman–Crippen LogP) is 2.34. The zero-order chi connectivity index (χ0) is 22.1. The first-order chi connectivity index (χ1) is 15.4. The van der Waals surface area contributed by atoms with Gasteiger partial charge in [0.2, 0.25) is 5.89 Å². The van der Waals surface area contributed by atoms with Crippen LogP contribution in [0.5, 0.6) is 0 Å². The molecule has 1 saturated carbocycles. The van der Waals surface area contributed by atoms with Crippen molar-refractivity contribution in [2.45, 2.75) is 12.5 Å². The van der Waals surface area contributed by atoms with Crippen molar-refractivity contribution in [1.82, 2.24) is 29.2 Å². The smallest absolute Gasteiger partial charge is 0.280 e. The average molecular weight is 460 g/mol. The monoisotopic (exact) mass is 459 g/mol. The van der Waals surface area contributed by atoms with Crippen molar-refractivity contribution in [3.05, 3.63) is 63.5 Å². The Morgan fingerprint density at radius 2 is 1.94 bits per heavy atom. The largest absolute Gasteiger partial charge is 0.366 e. The molecule has 1 saturated heterocycles. The third-order valence-electron chi connectivity index (χ3n) is 6.32. The Morgan fingerprint density at radius 1 is 1.19 bits per heavy atom.